The van der Waals surface area contributed by atoms with Crippen molar-refractivity contribution >= 4 is 64.5 Å². The molecule has 0 N–H and O–H groups in total. The molecule has 0 amide bonds. The molecular formula is C6H16O6Si6. The first kappa shape index (κ1) is 14.7. The van der Waals surface area contributed by atoms with Crippen molar-refractivity contribution in [3.05, 3.63) is 30.3 Å². The van der Waals surface area contributed by atoms with Gasteiger partial charge in [0.15, 0.2) is 0 Å². The van der Waals surface area contributed by atoms with Gasteiger partial charge < -0.3 is 24.7 Å². The molecule has 0 bridgehead atoms. The first-order valence-corrected chi connectivity index (χ1v) is 12.9. The normalized spacial score (nSPS) is 30.6. The second kappa shape index (κ2) is 9.23. The van der Waals surface area contributed by atoms with Gasteiger partial charge in [-0.3, -0.25) is 0 Å². The first-order valence-electron chi connectivity index (χ1n) is 5.56. The van der Waals surface area contributed by atoms with E-state index in [0.29, 0.717) is 0 Å². The molecule has 6 nitrogen and oxygen atoms in total. The summed E-state index contributed by atoms with van der Waals surface area (Å²) in [6, 6.07) is 10.1. The third-order valence-corrected chi connectivity index (χ3v) is 12.0. The second-order valence-electron chi connectivity index (χ2n) is 3.48. The largest absolute Gasteiger partial charge is 0.425 e. The molecule has 0 saturated carbocycles. The van der Waals surface area contributed by atoms with E-state index in [9.17, 15) is 0 Å². The van der Waals surface area contributed by atoms with E-state index in [4.69, 9.17) is 24.7 Å². The van der Waals surface area contributed by atoms with E-state index in [-0.39, 0.29) is 0 Å². The third kappa shape index (κ3) is 5.50. The van der Waals surface area contributed by atoms with Crippen LogP contribution in [0.3, 0.4) is 0 Å². The zero-order chi connectivity index (χ0) is 12.5. The maximum Gasteiger partial charge on any atom is 0.337 e. The molecule has 1 aliphatic heterocycles. The molecule has 18 heavy (non-hydrogen) atoms. The van der Waals surface area contributed by atoms with E-state index in [1.165, 1.54) is 0 Å². The van der Waals surface area contributed by atoms with Gasteiger partial charge >= 0.3 is 9.28 Å². The molecular weight excluding hydrogens is 337 g/mol. The third-order valence-electron chi connectivity index (χ3n) is 2.18. The van der Waals surface area contributed by atoms with Gasteiger partial charge in [-0.1, -0.05) is 30.3 Å². The smallest absolute Gasteiger partial charge is 0.337 e. The number of benzene rings is 1. The molecule has 0 aliphatic carbocycles. The van der Waals surface area contributed by atoms with Gasteiger partial charge in [-0.25, -0.2) is 0 Å². The summed E-state index contributed by atoms with van der Waals surface area (Å²) in [4.78, 5) is 0. The fraction of sp³-hybridized carbons (Fsp3) is 0. The summed E-state index contributed by atoms with van der Waals surface area (Å²) in [5.41, 5.74) is 0. The zero-order valence-electron chi connectivity index (χ0n) is 9.95. The van der Waals surface area contributed by atoms with Gasteiger partial charge in [-0.15, -0.1) is 0 Å². The van der Waals surface area contributed by atoms with Crippen LogP contribution in [0, 0.1) is 0 Å². The minimum absolute atomic E-state index is 0.859. The predicted molar refractivity (Wildman–Crippen MR) is 82.5 cm³/mol. The van der Waals surface area contributed by atoms with Crippen molar-refractivity contribution in [2.45, 2.75) is 0 Å². The average molecular weight is 353 g/mol. The van der Waals surface area contributed by atoms with Crippen LogP contribution < -0.4 is 5.19 Å². The zero-order valence-corrected chi connectivity index (χ0v) is 18.2. The summed E-state index contributed by atoms with van der Waals surface area (Å²) < 4.78 is 33.4. The van der Waals surface area contributed by atoms with Gasteiger partial charge in [0.2, 0.25) is 0 Å². The Morgan fingerprint density at radius 3 is 1.72 bits per heavy atom. The van der Waals surface area contributed by atoms with Crippen molar-refractivity contribution in [2.75, 3.05) is 0 Å². The van der Waals surface area contributed by atoms with Crippen LogP contribution in [0.1, 0.15) is 0 Å². The van der Waals surface area contributed by atoms with Crippen molar-refractivity contribution in [1.82, 2.24) is 0 Å². The van der Waals surface area contributed by atoms with Gasteiger partial charge in [-0.2, -0.15) is 0 Å². The predicted octanol–water partition coefficient (Wildman–Crippen LogP) is -4.78. The maximum absolute atomic E-state index is 5.83. The number of rotatable bonds is 1. The molecule has 12 heteroatoms. The van der Waals surface area contributed by atoms with Gasteiger partial charge in [-0.05, 0) is 5.19 Å². The molecule has 0 spiro atoms. The van der Waals surface area contributed by atoms with Crippen LogP contribution in [0.5, 0.6) is 0 Å². The Kier molecular flexibility index (Phi) is 7.53. The van der Waals surface area contributed by atoms with E-state index in [1.807, 2.05) is 30.3 Å². The average Bonchev–Trinajstić information content (AvgIpc) is 2.40. The van der Waals surface area contributed by atoms with E-state index >= 15 is 0 Å². The lowest BCUT2D eigenvalue weighted by molar-refractivity contribution is 0.341. The summed E-state index contributed by atoms with van der Waals surface area (Å²) in [7, 11) is -6.45. The Morgan fingerprint density at radius 1 is 0.667 bits per heavy atom. The minimum Gasteiger partial charge on any atom is -0.425 e. The highest BCUT2D eigenvalue weighted by Crippen LogP contribution is 1.93. The molecule has 1 aromatic carbocycles. The van der Waals surface area contributed by atoms with Crippen LogP contribution in [0.15, 0.2) is 30.3 Å². The summed E-state index contributed by atoms with van der Waals surface area (Å²) in [5.74, 6) is 0. The molecule has 0 radical (unpaired) electrons. The van der Waals surface area contributed by atoms with Gasteiger partial charge in [0.05, 0.1) is 0 Å². The van der Waals surface area contributed by atoms with Gasteiger partial charge in [0.1, 0.15) is 0 Å². The Hall–Kier alpha value is 0.281. The standard InChI is InChI=1S/C6H16O6Si6/c1-2-4-6(5-3-1)18-11-16-9-14-7-13-8-15-10-17-12-18/h1-5,18H,13-17H2. The van der Waals surface area contributed by atoms with Crippen molar-refractivity contribution < 1.29 is 24.7 Å². The molecule has 0 aromatic heterocycles. The van der Waals surface area contributed by atoms with E-state index in [0.717, 1.165) is 5.19 Å². The van der Waals surface area contributed by atoms with Crippen molar-refractivity contribution in [1.29, 1.82) is 0 Å². The van der Waals surface area contributed by atoms with Crippen LogP contribution in [0.4, 0.5) is 0 Å². The maximum atomic E-state index is 5.83. The summed E-state index contributed by atoms with van der Waals surface area (Å²) in [5, 5.41) is 1.14. The Balaban J connectivity index is 1.89. The minimum atomic E-state index is -1.82. The second-order valence-corrected chi connectivity index (χ2v) is 15.2. The highest BCUT2D eigenvalue weighted by atomic mass is 28.4. The fourth-order valence-electron chi connectivity index (χ4n) is 1.38. The Bertz CT molecular complexity index is 318. The highest BCUT2D eigenvalue weighted by Gasteiger charge is 2.16. The lowest BCUT2D eigenvalue weighted by atomic mass is 10.4. The Morgan fingerprint density at radius 2 is 1.17 bits per heavy atom. The van der Waals surface area contributed by atoms with Gasteiger partial charge in [0.25, 0.3) is 50.0 Å². The topological polar surface area (TPSA) is 55.4 Å². The molecule has 1 aliphatic rings. The van der Waals surface area contributed by atoms with Crippen LogP contribution in [0.2, 0.25) is 0 Å². The SMILES string of the molecule is c1ccc([SiH]2O[SiH2]O[SiH2]O[SiH2]O[SiH2]O[SiH2]O2)cc1. The monoisotopic (exact) mass is 352 g/mol. The quantitative estimate of drug-likeness (QED) is 0.473. The van der Waals surface area contributed by atoms with Crippen molar-refractivity contribution in [3.63, 3.8) is 0 Å². The molecule has 1 aromatic rings. The van der Waals surface area contributed by atoms with Crippen LogP contribution >= 0.6 is 0 Å². The molecule has 0 atom stereocenters. The Labute approximate surface area is 119 Å². The van der Waals surface area contributed by atoms with Crippen molar-refractivity contribution in [2.24, 2.45) is 0 Å². The first-order chi connectivity index (χ1) is 8.97. The molecule has 1 fully saturated rings. The van der Waals surface area contributed by atoms with E-state index in [1.54, 1.807) is 0 Å². The van der Waals surface area contributed by atoms with E-state index < -0.39 is 59.3 Å². The molecule has 2 rings (SSSR count). The number of hydrogen-bond acceptors (Lipinski definition) is 6. The molecule has 1 saturated heterocycles. The van der Waals surface area contributed by atoms with Crippen LogP contribution in [-0.2, 0) is 24.7 Å². The fourth-order valence-corrected chi connectivity index (χ4v) is 13.9. The van der Waals surface area contributed by atoms with Crippen LogP contribution in [0.25, 0.3) is 0 Å². The molecule has 100 valence electrons. The van der Waals surface area contributed by atoms with Gasteiger partial charge in [0, 0.05) is 0 Å². The lowest BCUT2D eigenvalue weighted by Crippen LogP contribution is -2.41. The highest BCUT2D eigenvalue weighted by molar-refractivity contribution is 6.69. The molecule has 0 unspecified atom stereocenters. The van der Waals surface area contributed by atoms with Crippen LogP contribution in [-0.4, -0.2) is 59.3 Å². The summed E-state index contributed by atoms with van der Waals surface area (Å²) in [6.45, 7) is 0. The lowest BCUT2D eigenvalue weighted by Gasteiger charge is -2.18. The number of hydrogen-bond donors (Lipinski definition) is 0. The van der Waals surface area contributed by atoms with Crippen molar-refractivity contribution in [3.8, 4) is 0 Å². The summed E-state index contributed by atoms with van der Waals surface area (Å²) >= 11 is 0. The molecule has 1 heterocycles. The summed E-state index contributed by atoms with van der Waals surface area (Å²) in [6.07, 6.45) is 0. The van der Waals surface area contributed by atoms with E-state index in [2.05, 4.69) is 0 Å².